The first-order chi connectivity index (χ1) is 8.78. The van der Waals surface area contributed by atoms with E-state index in [9.17, 15) is 18.0 Å². The molecule has 0 aromatic rings. The molecule has 120 valence electrons. The Bertz CT molecular complexity index is 309. The first-order valence-corrected chi connectivity index (χ1v) is 6.52. The van der Waals surface area contributed by atoms with Gasteiger partial charge in [-0.2, -0.15) is 0 Å². The lowest BCUT2D eigenvalue weighted by Crippen LogP contribution is -2.51. The predicted octanol–water partition coefficient (Wildman–Crippen LogP) is 3.28. The van der Waals surface area contributed by atoms with Gasteiger partial charge in [0.2, 0.25) is 5.91 Å². The molecule has 8 heteroatoms. The molecule has 0 aromatic carbocycles. The Morgan fingerprint density at radius 1 is 1.35 bits per heavy atom. The summed E-state index contributed by atoms with van der Waals surface area (Å²) in [5.41, 5.74) is 5.17. The van der Waals surface area contributed by atoms with Gasteiger partial charge in [-0.3, -0.25) is 9.53 Å². The van der Waals surface area contributed by atoms with E-state index in [4.69, 9.17) is 10.5 Å². The van der Waals surface area contributed by atoms with Gasteiger partial charge >= 0.3 is 6.36 Å². The molecule has 1 amide bonds. The van der Waals surface area contributed by atoms with Crippen LogP contribution in [0.3, 0.4) is 0 Å². The molecule has 1 aliphatic carbocycles. The fourth-order valence-corrected chi connectivity index (χ4v) is 2.02. The van der Waals surface area contributed by atoms with Crippen LogP contribution in [0.2, 0.25) is 0 Å². The molecule has 0 heterocycles. The van der Waals surface area contributed by atoms with Crippen molar-refractivity contribution in [3.63, 3.8) is 0 Å². The average Bonchev–Trinajstić information content (AvgIpc) is 2.22. The second kappa shape index (κ2) is 8.05. The maximum absolute atomic E-state index is 12.3. The number of primary amides is 1. The van der Waals surface area contributed by atoms with Crippen molar-refractivity contribution in [1.82, 2.24) is 0 Å². The minimum Gasteiger partial charge on any atom is -0.367 e. The highest BCUT2D eigenvalue weighted by Gasteiger charge is 2.50. The van der Waals surface area contributed by atoms with E-state index in [-0.39, 0.29) is 25.2 Å². The highest BCUT2D eigenvalue weighted by atomic mass is 35.5. The number of hydrogen-bond acceptors (Lipinski definition) is 3. The molecule has 0 radical (unpaired) electrons. The van der Waals surface area contributed by atoms with Crippen molar-refractivity contribution in [2.45, 2.75) is 70.1 Å². The van der Waals surface area contributed by atoms with Crippen LogP contribution in [0.25, 0.3) is 0 Å². The number of carbonyl (C=O) groups excluding carboxylic acids is 1. The molecule has 1 fully saturated rings. The van der Waals surface area contributed by atoms with E-state index in [1.165, 1.54) is 0 Å². The Labute approximate surface area is 122 Å². The third kappa shape index (κ3) is 6.28. The SMILES string of the molecule is CCCCCC(OC1(OC(F)(F)F)CCC1)C(N)=O.Cl. The number of halogens is 4. The quantitative estimate of drug-likeness (QED) is 0.551. The molecule has 20 heavy (non-hydrogen) atoms. The van der Waals surface area contributed by atoms with Crippen LogP contribution in [0.5, 0.6) is 0 Å². The second-order valence-corrected chi connectivity index (χ2v) is 4.82. The molecular formula is C12H21ClF3NO3. The van der Waals surface area contributed by atoms with Crippen LogP contribution in [0.4, 0.5) is 13.2 Å². The van der Waals surface area contributed by atoms with Gasteiger partial charge in [0.15, 0.2) is 5.79 Å². The standard InChI is InChI=1S/C12H20F3NO3.ClH/c1-2-3-4-6-9(10(16)17)18-11(7-5-8-11)19-12(13,14)15;/h9H,2-8H2,1H3,(H2,16,17);1H. The normalized spacial score (nSPS) is 18.8. The van der Waals surface area contributed by atoms with E-state index in [1.807, 2.05) is 6.92 Å². The summed E-state index contributed by atoms with van der Waals surface area (Å²) in [7, 11) is 0. The zero-order chi connectivity index (χ0) is 14.5. The first kappa shape index (κ1) is 19.5. The Morgan fingerprint density at radius 2 is 1.95 bits per heavy atom. The average molecular weight is 320 g/mol. The van der Waals surface area contributed by atoms with Crippen molar-refractivity contribution in [1.29, 1.82) is 0 Å². The van der Waals surface area contributed by atoms with E-state index >= 15 is 0 Å². The molecule has 0 bridgehead atoms. The van der Waals surface area contributed by atoms with Crippen molar-refractivity contribution < 1.29 is 27.4 Å². The first-order valence-electron chi connectivity index (χ1n) is 6.52. The molecule has 1 atom stereocenters. The third-order valence-corrected chi connectivity index (χ3v) is 3.16. The van der Waals surface area contributed by atoms with Gasteiger partial charge in [-0.15, -0.1) is 25.6 Å². The van der Waals surface area contributed by atoms with E-state index in [1.54, 1.807) is 0 Å². The smallest absolute Gasteiger partial charge is 0.367 e. The van der Waals surface area contributed by atoms with Gasteiger partial charge in [0.05, 0.1) is 0 Å². The number of alkyl halides is 3. The highest BCUT2D eigenvalue weighted by Crippen LogP contribution is 2.42. The lowest BCUT2D eigenvalue weighted by Gasteiger charge is -2.42. The molecule has 1 aliphatic rings. The molecule has 0 spiro atoms. The maximum atomic E-state index is 12.3. The molecule has 0 aromatic heterocycles. The van der Waals surface area contributed by atoms with Gasteiger partial charge in [-0.05, 0) is 12.8 Å². The number of hydrogen-bond donors (Lipinski definition) is 1. The van der Waals surface area contributed by atoms with Gasteiger partial charge in [0.25, 0.3) is 0 Å². The van der Waals surface area contributed by atoms with Crippen LogP contribution in [0.15, 0.2) is 0 Å². The molecular weight excluding hydrogens is 299 g/mol. The lowest BCUT2D eigenvalue weighted by atomic mass is 9.90. The molecule has 1 rings (SSSR count). The molecule has 4 nitrogen and oxygen atoms in total. The van der Waals surface area contributed by atoms with E-state index in [0.29, 0.717) is 19.3 Å². The highest BCUT2D eigenvalue weighted by molar-refractivity contribution is 5.85. The summed E-state index contributed by atoms with van der Waals surface area (Å²) in [6.07, 6.45) is -2.13. The summed E-state index contributed by atoms with van der Waals surface area (Å²) < 4.78 is 46.2. The number of ether oxygens (including phenoxy) is 2. The van der Waals surface area contributed by atoms with Gasteiger partial charge < -0.3 is 10.5 Å². The maximum Gasteiger partial charge on any atom is 0.524 e. The van der Waals surface area contributed by atoms with E-state index < -0.39 is 24.2 Å². The Balaban J connectivity index is 0.00000361. The molecule has 1 unspecified atom stereocenters. The largest absolute Gasteiger partial charge is 0.524 e. The number of unbranched alkanes of at least 4 members (excludes halogenated alkanes) is 2. The molecule has 1 saturated carbocycles. The summed E-state index contributed by atoms with van der Waals surface area (Å²) in [4.78, 5) is 11.2. The van der Waals surface area contributed by atoms with Gasteiger partial charge in [-0.25, -0.2) is 0 Å². The molecule has 2 N–H and O–H groups in total. The van der Waals surface area contributed by atoms with Crippen LogP contribution in [0.1, 0.15) is 51.9 Å². The lowest BCUT2D eigenvalue weighted by molar-refractivity contribution is -0.438. The monoisotopic (exact) mass is 319 g/mol. The fraction of sp³-hybridized carbons (Fsp3) is 0.917. The van der Waals surface area contributed by atoms with Crippen molar-refractivity contribution in [2.75, 3.05) is 0 Å². The zero-order valence-corrected chi connectivity index (χ0v) is 12.2. The van der Waals surface area contributed by atoms with Crippen LogP contribution in [0, 0.1) is 0 Å². The van der Waals surface area contributed by atoms with Crippen LogP contribution < -0.4 is 5.73 Å². The third-order valence-electron chi connectivity index (χ3n) is 3.16. The van der Waals surface area contributed by atoms with Gasteiger partial charge in [0, 0.05) is 12.8 Å². The van der Waals surface area contributed by atoms with Crippen LogP contribution in [-0.2, 0) is 14.3 Å². The fourth-order valence-electron chi connectivity index (χ4n) is 2.02. The van der Waals surface area contributed by atoms with Gasteiger partial charge in [-0.1, -0.05) is 26.2 Å². The number of nitrogens with two attached hydrogens (primary N) is 1. The van der Waals surface area contributed by atoms with Crippen LogP contribution >= 0.6 is 12.4 Å². The minimum absolute atomic E-state index is 0. The van der Waals surface area contributed by atoms with Crippen molar-refractivity contribution in [3.8, 4) is 0 Å². The number of amides is 1. The second-order valence-electron chi connectivity index (χ2n) is 4.82. The summed E-state index contributed by atoms with van der Waals surface area (Å²) in [5.74, 6) is -2.46. The zero-order valence-electron chi connectivity index (χ0n) is 11.4. The summed E-state index contributed by atoms with van der Waals surface area (Å²) in [6.45, 7) is 1.99. The summed E-state index contributed by atoms with van der Waals surface area (Å²) in [5, 5.41) is 0. The Morgan fingerprint density at radius 3 is 2.30 bits per heavy atom. The number of rotatable bonds is 8. The van der Waals surface area contributed by atoms with Gasteiger partial charge in [0.1, 0.15) is 6.10 Å². The number of carbonyl (C=O) groups is 1. The van der Waals surface area contributed by atoms with Crippen LogP contribution in [-0.4, -0.2) is 24.2 Å². The van der Waals surface area contributed by atoms with E-state index in [0.717, 1.165) is 12.8 Å². The Kier molecular flexibility index (Phi) is 7.83. The molecule has 0 aliphatic heterocycles. The minimum atomic E-state index is -4.77. The summed E-state index contributed by atoms with van der Waals surface area (Å²) >= 11 is 0. The van der Waals surface area contributed by atoms with Crippen molar-refractivity contribution >= 4 is 18.3 Å². The topological polar surface area (TPSA) is 61.6 Å². The molecule has 0 saturated heterocycles. The Hall–Kier alpha value is -0.530. The summed E-state index contributed by atoms with van der Waals surface area (Å²) in [6, 6.07) is 0. The van der Waals surface area contributed by atoms with Crippen molar-refractivity contribution in [3.05, 3.63) is 0 Å². The predicted molar refractivity (Wildman–Crippen MR) is 69.2 cm³/mol. The van der Waals surface area contributed by atoms with E-state index in [2.05, 4.69) is 4.74 Å². The van der Waals surface area contributed by atoms with Crippen molar-refractivity contribution in [2.24, 2.45) is 5.73 Å².